The number of thiazole rings is 1. The highest BCUT2D eigenvalue weighted by Gasteiger charge is 2.26. The Hall–Kier alpha value is -3.14. The Kier molecular flexibility index (Phi) is 10.5. The van der Waals surface area contributed by atoms with Gasteiger partial charge in [-0.2, -0.15) is 0 Å². The molecule has 0 fully saturated rings. The predicted molar refractivity (Wildman–Crippen MR) is 146 cm³/mol. The molecule has 0 bridgehead atoms. The van der Waals surface area contributed by atoms with Crippen LogP contribution in [0.15, 0.2) is 65.4 Å². The number of hydrogen-bond acceptors (Lipinski definition) is 7. The zero-order valence-electron chi connectivity index (χ0n) is 20.5. The Balaban J connectivity index is 1.84. The summed E-state index contributed by atoms with van der Waals surface area (Å²) in [6.45, 7) is 4.17. The van der Waals surface area contributed by atoms with E-state index in [2.05, 4.69) is 24.5 Å². The number of nitrogens with zero attached hydrogens (tertiary/aromatic N) is 1. The molecular weight excluding hydrogens is 494 g/mol. The molecule has 0 aliphatic heterocycles. The molecule has 0 saturated heterocycles. The highest BCUT2D eigenvalue weighted by Crippen LogP contribution is 2.26. The number of amides is 2. The first-order chi connectivity index (χ1) is 17.4. The number of hydrogen-bond donors (Lipinski definition) is 3. The molecule has 2 atom stereocenters. The Morgan fingerprint density at radius 3 is 2.36 bits per heavy atom. The van der Waals surface area contributed by atoms with E-state index in [4.69, 9.17) is 14.3 Å². The lowest BCUT2D eigenvalue weighted by Gasteiger charge is -2.23. The van der Waals surface area contributed by atoms with Crippen molar-refractivity contribution >= 4 is 41.5 Å². The number of methoxy groups -OCH3 is 1. The average molecular weight is 526 g/mol. The van der Waals surface area contributed by atoms with Crippen LogP contribution in [0, 0.1) is 0 Å². The minimum atomic E-state index is -0.811. The van der Waals surface area contributed by atoms with Gasteiger partial charge in [-0.25, -0.2) is 9.78 Å². The minimum Gasteiger partial charge on any atom is -0.453 e. The van der Waals surface area contributed by atoms with E-state index < -0.39 is 12.1 Å². The van der Waals surface area contributed by atoms with E-state index in [0.29, 0.717) is 24.9 Å². The fourth-order valence-electron chi connectivity index (χ4n) is 3.60. The maximum absolute atomic E-state index is 13.4. The van der Waals surface area contributed by atoms with Gasteiger partial charge in [0.25, 0.3) is 0 Å². The van der Waals surface area contributed by atoms with Gasteiger partial charge in [-0.3, -0.25) is 4.79 Å². The second-order valence-electron chi connectivity index (χ2n) is 8.56. The van der Waals surface area contributed by atoms with Crippen molar-refractivity contribution in [1.29, 1.82) is 0 Å². The Bertz CT molecular complexity index is 1150. The van der Waals surface area contributed by atoms with Gasteiger partial charge in [-0.05, 0) is 34.6 Å². The summed E-state index contributed by atoms with van der Waals surface area (Å²) in [5.74, 6) is -0.0322. The van der Waals surface area contributed by atoms with Gasteiger partial charge in [0, 0.05) is 29.8 Å². The largest absolute Gasteiger partial charge is 0.453 e. The number of carbonyl (C=O) groups is 2. The Morgan fingerprint density at radius 1 is 1.06 bits per heavy atom. The summed E-state index contributed by atoms with van der Waals surface area (Å²) in [5, 5.41) is 10.4. The molecule has 0 aliphatic rings. The Morgan fingerprint density at radius 2 is 1.75 bits per heavy atom. The molecule has 7 nitrogen and oxygen atoms in total. The first-order valence-electron chi connectivity index (χ1n) is 11.6. The molecule has 3 N–H and O–H groups in total. The van der Waals surface area contributed by atoms with E-state index in [1.165, 1.54) is 7.11 Å². The molecule has 2 aromatic carbocycles. The second-order valence-corrected chi connectivity index (χ2v) is 9.93. The molecule has 36 heavy (non-hydrogen) atoms. The van der Waals surface area contributed by atoms with Crippen molar-refractivity contribution in [3.8, 4) is 0 Å². The zero-order chi connectivity index (χ0) is 25.9. The molecule has 1 heterocycles. The van der Waals surface area contributed by atoms with Crippen molar-refractivity contribution in [1.82, 2.24) is 15.6 Å². The maximum atomic E-state index is 13.4. The van der Waals surface area contributed by atoms with E-state index in [-0.39, 0.29) is 17.9 Å². The fraction of sp³-hybridized carbons (Fsp3) is 0.296. The van der Waals surface area contributed by atoms with Crippen LogP contribution in [0.1, 0.15) is 53.2 Å². The molecule has 2 unspecified atom stereocenters. The molecule has 3 aromatic rings. The van der Waals surface area contributed by atoms with Gasteiger partial charge in [-0.15, -0.1) is 11.3 Å². The smallest absolute Gasteiger partial charge is 0.407 e. The number of rotatable bonds is 11. The number of nitrogens with one attached hydrogen (secondary N) is 2. The van der Waals surface area contributed by atoms with Crippen LogP contribution in [0.2, 0.25) is 0 Å². The number of aromatic nitrogens is 1. The van der Waals surface area contributed by atoms with Gasteiger partial charge in [0.15, 0.2) is 0 Å². The normalized spacial score (nSPS) is 12.9. The summed E-state index contributed by atoms with van der Waals surface area (Å²) in [6, 6.07) is 16.2. The quantitative estimate of drug-likeness (QED) is 0.273. The highest BCUT2D eigenvalue weighted by atomic mass is 32.2. The lowest BCUT2D eigenvalue weighted by Crippen LogP contribution is -2.49. The van der Waals surface area contributed by atoms with Crippen molar-refractivity contribution in [2.45, 2.75) is 44.7 Å². The van der Waals surface area contributed by atoms with Crippen LogP contribution >= 0.6 is 23.4 Å². The van der Waals surface area contributed by atoms with Crippen molar-refractivity contribution in [2.24, 2.45) is 0 Å². The van der Waals surface area contributed by atoms with Crippen LogP contribution in [0.3, 0.4) is 0 Å². The standard InChI is InChI=1S/C27H31N3O4S2/c1-18(2)26-29-24(17-35-26)22(15-21-11-9-19(10-12-21)13-14-36-33)28-25(31)23(30-27(32)34-3)16-20-7-5-4-6-8-20/h4-14,17-18,22-23,33H,15-16H2,1-3H3,(H,28,31)(H,30,32)/b14-13+. The second kappa shape index (κ2) is 13.8. The first kappa shape index (κ1) is 27.4. The molecule has 0 aliphatic carbocycles. The van der Waals surface area contributed by atoms with Crippen LogP contribution in [0.4, 0.5) is 4.79 Å². The molecule has 9 heteroatoms. The number of carbonyl (C=O) groups excluding carboxylic acids is 2. The molecule has 0 radical (unpaired) electrons. The molecule has 1 aromatic heterocycles. The summed E-state index contributed by atoms with van der Waals surface area (Å²) < 4.78 is 13.7. The first-order valence-corrected chi connectivity index (χ1v) is 13.3. The SMILES string of the molecule is COC(=O)NC(Cc1ccccc1)C(=O)NC(Cc1ccc(/C=C/SO)cc1)c1csc(C(C)C)n1. The third-order valence-electron chi connectivity index (χ3n) is 5.52. The topological polar surface area (TPSA) is 101 Å². The maximum Gasteiger partial charge on any atom is 0.407 e. The van der Waals surface area contributed by atoms with Crippen molar-refractivity contribution in [2.75, 3.05) is 7.11 Å². The van der Waals surface area contributed by atoms with Crippen LogP contribution in [-0.4, -0.2) is 34.7 Å². The predicted octanol–water partition coefficient (Wildman–Crippen LogP) is 5.81. The van der Waals surface area contributed by atoms with E-state index in [1.807, 2.05) is 66.1 Å². The summed E-state index contributed by atoms with van der Waals surface area (Å²) in [5.41, 5.74) is 3.69. The van der Waals surface area contributed by atoms with E-state index >= 15 is 0 Å². The molecule has 0 saturated carbocycles. The van der Waals surface area contributed by atoms with Crippen molar-refractivity contribution in [3.63, 3.8) is 0 Å². The number of ether oxygens (including phenoxy) is 1. The Labute approximate surface area is 220 Å². The van der Waals surface area contributed by atoms with Crippen LogP contribution in [0.25, 0.3) is 6.08 Å². The molecule has 2 amide bonds. The van der Waals surface area contributed by atoms with Crippen LogP contribution < -0.4 is 10.6 Å². The van der Waals surface area contributed by atoms with Gasteiger partial charge >= 0.3 is 6.09 Å². The van der Waals surface area contributed by atoms with Gasteiger partial charge in [-0.1, -0.05) is 68.4 Å². The highest BCUT2D eigenvalue weighted by molar-refractivity contribution is 7.96. The minimum absolute atomic E-state index is 0.280. The summed E-state index contributed by atoms with van der Waals surface area (Å²) >= 11 is 2.23. The van der Waals surface area contributed by atoms with Gasteiger partial charge in [0.05, 0.1) is 23.9 Å². The molecule has 3 rings (SSSR count). The summed E-state index contributed by atoms with van der Waals surface area (Å²) in [7, 11) is 1.27. The molecule has 190 valence electrons. The zero-order valence-corrected chi connectivity index (χ0v) is 22.1. The third kappa shape index (κ3) is 8.22. The molecular formula is C27H31N3O4S2. The van der Waals surface area contributed by atoms with E-state index in [0.717, 1.165) is 27.4 Å². The van der Waals surface area contributed by atoms with E-state index in [9.17, 15) is 9.59 Å². The fourth-order valence-corrected chi connectivity index (χ4v) is 4.70. The summed E-state index contributed by atoms with van der Waals surface area (Å²) in [6.07, 6.45) is 2.01. The van der Waals surface area contributed by atoms with Gasteiger partial charge < -0.3 is 19.9 Å². The number of benzene rings is 2. The van der Waals surface area contributed by atoms with Crippen molar-refractivity contribution in [3.05, 3.63) is 92.8 Å². The van der Waals surface area contributed by atoms with E-state index in [1.54, 1.807) is 16.7 Å². The van der Waals surface area contributed by atoms with Gasteiger partial charge in [0.1, 0.15) is 6.04 Å². The van der Waals surface area contributed by atoms with Crippen molar-refractivity contribution < 1.29 is 18.9 Å². The average Bonchev–Trinajstić information content (AvgIpc) is 3.39. The van der Waals surface area contributed by atoms with Crippen LogP contribution in [0.5, 0.6) is 0 Å². The molecule has 0 spiro atoms. The third-order valence-corrected chi connectivity index (χ3v) is 6.95. The van der Waals surface area contributed by atoms with Gasteiger partial charge in [0.2, 0.25) is 5.91 Å². The monoisotopic (exact) mass is 525 g/mol. The van der Waals surface area contributed by atoms with Crippen LogP contribution in [-0.2, 0) is 22.4 Å². The lowest BCUT2D eigenvalue weighted by molar-refractivity contribution is -0.123. The summed E-state index contributed by atoms with van der Waals surface area (Å²) in [4.78, 5) is 30.2. The number of alkyl carbamates (subject to hydrolysis) is 1. The lowest BCUT2D eigenvalue weighted by atomic mass is 10.0.